The molecule has 1 heterocycles. The maximum Gasteiger partial charge on any atom is 0.183 e. The van der Waals surface area contributed by atoms with E-state index < -0.39 is 0 Å². The van der Waals surface area contributed by atoms with Gasteiger partial charge in [0.25, 0.3) is 0 Å². The van der Waals surface area contributed by atoms with Crippen LogP contribution in [0, 0.1) is 11.8 Å². The maximum absolute atomic E-state index is 5.99. The smallest absolute Gasteiger partial charge is 0.183 e. The molecular formula is C24H38O2. The van der Waals surface area contributed by atoms with E-state index in [0.29, 0.717) is 5.92 Å². The van der Waals surface area contributed by atoms with Crippen LogP contribution in [0.3, 0.4) is 0 Å². The minimum absolute atomic E-state index is 0.160. The first-order valence-electron chi connectivity index (χ1n) is 11.1. The molecule has 2 aliphatic rings. The Morgan fingerprint density at radius 2 is 1.27 bits per heavy atom. The Kier molecular flexibility index (Phi) is 8.01. The van der Waals surface area contributed by atoms with Gasteiger partial charge in [0, 0.05) is 11.5 Å². The lowest BCUT2D eigenvalue weighted by molar-refractivity contribution is -0.206. The summed E-state index contributed by atoms with van der Waals surface area (Å²) in [4.78, 5) is 0. The fraction of sp³-hybridized carbons (Fsp3) is 0.750. The van der Waals surface area contributed by atoms with Gasteiger partial charge < -0.3 is 9.47 Å². The second-order valence-electron chi connectivity index (χ2n) is 8.53. The molecule has 0 N–H and O–H groups in total. The fourth-order valence-electron chi connectivity index (χ4n) is 4.60. The van der Waals surface area contributed by atoms with Gasteiger partial charge in [0.1, 0.15) is 0 Å². The third kappa shape index (κ3) is 5.57. The van der Waals surface area contributed by atoms with Crippen molar-refractivity contribution in [3.05, 3.63) is 35.4 Å². The van der Waals surface area contributed by atoms with Crippen LogP contribution in [0.1, 0.15) is 101 Å². The van der Waals surface area contributed by atoms with Crippen molar-refractivity contribution >= 4 is 0 Å². The summed E-state index contributed by atoms with van der Waals surface area (Å²) >= 11 is 0. The van der Waals surface area contributed by atoms with Crippen molar-refractivity contribution in [3.8, 4) is 0 Å². The molecule has 0 bridgehead atoms. The topological polar surface area (TPSA) is 18.5 Å². The molecule has 0 amide bonds. The van der Waals surface area contributed by atoms with Crippen molar-refractivity contribution in [1.29, 1.82) is 0 Å². The van der Waals surface area contributed by atoms with Crippen LogP contribution in [0.15, 0.2) is 24.3 Å². The lowest BCUT2D eigenvalue weighted by Gasteiger charge is -2.31. The van der Waals surface area contributed by atoms with Crippen molar-refractivity contribution in [1.82, 2.24) is 0 Å². The van der Waals surface area contributed by atoms with E-state index in [0.717, 1.165) is 25.0 Å². The highest BCUT2D eigenvalue weighted by molar-refractivity contribution is 5.26. The second kappa shape index (κ2) is 10.5. The van der Waals surface area contributed by atoms with Gasteiger partial charge in [-0.1, -0.05) is 70.2 Å². The third-order valence-electron chi connectivity index (χ3n) is 6.43. The molecule has 2 nitrogen and oxygen atoms in total. The van der Waals surface area contributed by atoms with Gasteiger partial charge in [0.2, 0.25) is 0 Å². The molecule has 2 fully saturated rings. The Labute approximate surface area is 160 Å². The van der Waals surface area contributed by atoms with Crippen molar-refractivity contribution in [2.45, 2.75) is 90.3 Å². The highest BCUT2D eigenvalue weighted by Crippen LogP contribution is 2.38. The van der Waals surface area contributed by atoms with Crippen LogP contribution in [0.25, 0.3) is 0 Å². The van der Waals surface area contributed by atoms with Crippen LogP contribution in [0.5, 0.6) is 0 Å². The zero-order valence-corrected chi connectivity index (χ0v) is 16.9. The molecule has 0 unspecified atom stereocenters. The second-order valence-corrected chi connectivity index (χ2v) is 8.53. The minimum atomic E-state index is -0.160. The van der Waals surface area contributed by atoms with Crippen molar-refractivity contribution < 1.29 is 9.47 Å². The van der Waals surface area contributed by atoms with Crippen LogP contribution in [0.2, 0.25) is 0 Å². The molecule has 0 radical (unpaired) electrons. The molecule has 1 saturated carbocycles. The molecule has 26 heavy (non-hydrogen) atoms. The van der Waals surface area contributed by atoms with E-state index in [1.54, 1.807) is 0 Å². The summed E-state index contributed by atoms with van der Waals surface area (Å²) in [6.45, 7) is 6.23. The molecule has 0 atom stereocenters. The summed E-state index contributed by atoms with van der Waals surface area (Å²) in [6.07, 6.45) is 13.3. The summed E-state index contributed by atoms with van der Waals surface area (Å²) in [5.41, 5.74) is 2.69. The van der Waals surface area contributed by atoms with Crippen LogP contribution in [-0.4, -0.2) is 13.2 Å². The Bertz CT molecular complexity index is 446. The molecule has 1 saturated heterocycles. The van der Waals surface area contributed by atoms with Crippen molar-refractivity contribution in [2.24, 2.45) is 11.8 Å². The molecule has 0 aromatic heterocycles. The molecule has 1 aliphatic carbocycles. The van der Waals surface area contributed by atoms with Gasteiger partial charge in [-0.05, 0) is 49.5 Å². The van der Waals surface area contributed by atoms with Gasteiger partial charge >= 0.3 is 0 Å². The first-order valence-corrected chi connectivity index (χ1v) is 11.1. The van der Waals surface area contributed by atoms with Crippen molar-refractivity contribution in [2.75, 3.05) is 13.2 Å². The first-order chi connectivity index (χ1) is 12.8. The van der Waals surface area contributed by atoms with Crippen molar-refractivity contribution in [3.63, 3.8) is 0 Å². The summed E-state index contributed by atoms with van der Waals surface area (Å²) < 4.78 is 12.0. The van der Waals surface area contributed by atoms with E-state index in [-0.39, 0.29) is 6.29 Å². The molecule has 1 aliphatic heterocycles. The number of benzene rings is 1. The molecule has 2 heteroatoms. The molecule has 3 rings (SSSR count). The Hall–Kier alpha value is -0.860. The number of unbranched alkanes of at least 4 members (excludes halogenated alkanes) is 2. The summed E-state index contributed by atoms with van der Waals surface area (Å²) in [7, 11) is 0. The molecule has 146 valence electrons. The van der Waals surface area contributed by atoms with E-state index in [2.05, 4.69) is 38.1 Å². The zero-order chi connectivity index (χ0) is 18.2. The Morgan fingerprint density at radius 3 is 1.85 bits per heavy atom. The van der Waals surface area contributed by atoms with Crippen LogP contribution in [0.4, 0.5) is 0 Å². The van der Waals surface area contributed by atoms with Gasteiger partial charge in [0.05, 0.1) is 13.2 Å². The van der Waals surface area contributed by atoms with E-state index in [4.69, 9.17) is 9.47 Å². The van der Waals surface area contributed by atoms with E-state index in [1.807, 2.05) is 0 Å². The van der Waals surface area contributed by atoms with Gasteiger partial charge in [-0.2, -0.15) is 0 Å². The number of hydrogen-bond acceptors (Lipinski definition) is 2. The average Bonchev–Trinajstić information content (AvgIpc) is 2.72. The number of hydrogen-bond donors (Lipinski definition) is 0. The van der Waals surface area contributed by atoms with Gasteiger partial charge in [-0.15, -0.1) is 0 Å². The van der Waals surface area contributed by atoms with Gasteiger partial charge in [0.15, 0.2) is 6.29 Å². The van der Waals surface area contributed by atoms with Crippen LogP contribution >= 0.6 is 0 Å². The lowest BCUT2D eigenvalue weighted by Crippen LogP contribution is -2.27. The van der Waals surface area contributed by atoms with Crippen LogP contribution in [-0.2, 0) is 9.47 Å². The Balaban J connectivity index is 1.46. The quantitative estimate of drug-likeness (QED) is 0.498. The summed E-state index contributed by atoms with van der Waals surface area (Å²) in [5, 5.41) is 0. The zero-order valence-electron chi connectivity index (χ0n) is 16.9. The largest absolute Gasteiger partial charge is 0.348 e. The third-order valence-corrected chi connectivity index (χ3v) is 6.43. The summed E-state index contributed by atoms with van der Waals surface area (Å²) in [5.74, 6) is 2.32. The predicted octanol–water partition coefficient (Wildman–Crippen LogP) is 7.00. The first kappa shape index (κ1) is 19.9. The number of ether oxygens (including phenoxy) is 2. The minimum Gasteiger partial charge on any atom is -0.348 e. The lowest BCUT2D eigenvalue weighted by atomic mass is 9.77. The molecule has 1 aromatic rings. The monoisotopic (exact) mass is 358 g/mol. The van der Waals surface area contributed by atoms with Gasteiger partial charge in [-0.3, -0.25) is 0 Å². The maximum atomic E-state index is 5.99. The molecule has 0 spiro atoms. The standard InChI is InChI=1S/C24H38O2/c1-3-5-7-19-9-11-21(12-10-19)22-13-15-23(16-14-22)24-25-17-20(18-26-24)8-6-4-2/h13-16,19-21,24H,3-12,17-18H2,1-2H3. The SMILES string of the molecule is CCCCC1CCC(c2ccc(C3OCC(CCCC)CO3)cc2)CC1. The highest BCUT2D eigenvalue weighted by atomic mass is 16.7. The predicted molar refractivity (Wildman–Crippen MR) is 108 cm³/mol. The number of rotatable bonds is 8. The van der Waals surface area contributed by atoms with E-state index in [9.17, 15) is 0 Å². The van der Waals surface area contributed by atoms with Gasteiger partial charge in [-0.25, -0.2) is 0 Å². The summed E-state index contributed by atoms with van der Waals surface area (Å²) in [6, 6.07) is 9.11. The van der Waals surface area contributed by atoms with Crippen LogP contribution < -0.4 is 0 Å². The molecular weight excluding hydrogens is 320 g/mol. The fourth-order valence-corrected chi connectivity index (χ4v) is 4.60. The molecule has 1 aromatic carbocycles. The normalized spacial score (nSPS) is 29.6. The highest BCUT2D eigenvalue weighted by Gasteiger charge is 2.25. The average molecular weight is 359 g/mol. The Morgan fingerprint density at radius 1 is 0.731 bits per heavy atom. The van der Waals surface area contributed by atoms with E-state index in [1.165, 1.54) is 75.3 Å². The van der Waals surface area contributed by atoms with E-state index >= 15 is 0 Å².